The zero-order chi connectivity index (χ0) is 11.1. The smallest absolute Gasteiger partial charge is 0.324 e. The molecule has 3 aromatic rings. The molecule has 0 radical (unpaired) electrons. The summed E-state index contributed by atoms with van der Waals surface area (Å²) in [5.74, 6) is 0. The van der Waals surface area contributed by atoms with Crippen LogP contribution >= 0.6 is 0 Å². The van der Waals surface area contributed by atoms with Crippen LogP contribution in [-0.2, 0) is 0 Å². The highest BCUT2D eigenvalue weighted by atomic mass is 16.4. The second-order valence-electron chi connectivity index (χ2n) is 3.80. The molecule has 0 aliphatic rings. The minimum Gasteiger partial charge on any atom is -0.422 e. The van der Waals surface area contributed by atoms with Gasteiger partial charge in [-0.25, -0.2) is 0 Å². The third-order valence-electron chi connectivity index (χ3n) is 2.47. The summed E-state index contributed by atoms with van der Waals surface area (Å²) in [6.07, 6.45) is 0. The topological polar surface area (TPSA) is 43.9 Å². The SMILES string of the molecule is Cc1cc(C)n(-c2nc3ccccc3o2)n1. The molecule has 0 amide bonds. The Hall–Kier alpha value is -2.10. The number of aryl methyl sites for hydroxylation is 2. The Balaban J connectivity index is 2.22. The Kier molecular flexibility index (Phi) is 1.83. The van der Waals surface area contributed by atoms with Crippen molar-refractivity contribution in [2.75, 3.05) is 0 Å². The fourth-order valence-electron chi connectivity index (χ4n) is 1.77. The first-order chi connectivity index (χ1) is 7.74. The molecule has 0 saturated heterocycles. The molecule has 0 spiro atoms. The van der Waals surface area contributed by atoms with Crippen LogP contribution in [0.3, 0.4) is 0 Å². The summed E-state index contributed by atoms with van der Waals surface area (Å²) < 4.78 is 7.36. The number of hydrogen-bond acceptors (Lipinski definition) is 3. The Labute approximate surface area is 92.5 Å². The van der Waals surface area contributed by atoms with Crippen LogP contribution in [0.1, 0.15) is 11.4 Å². The Bertz CT molecular complexity index is 618. The molecule has 2 heterocycles. The number of nitrogens with zero attached hydrogens (tertiary/aromatic N) is 3. The summed E-state index contributed by atoms with van der Waals surface area (Å²) in [4.78, 5) is 4.39. The number of oxazole rings is 1. The first-order valence-corrected chi connectivity index (χ1v) is 5.13. The van der Waals surface area contributed by atoms with Crippen LogP contribution in [0, 0.1) is 13.8 Å². The molecule has 16 heavy (non-hydrogen) atoms. The highest BCUT2D eigenvalue weighted by Crippen LogP contribution is 2.18. The summed E-state index contributed by atoms with van der Waals surface area (Å²) in [6.45, 7) is 3.93. The van der Waals surface area contributed by atoms with E-state index in [9.17, 15) is 0 Å². The molecule has 3 rings (SSSR count). The van der Waals surface area contributed by atoms with Crippen molar-refractivity contribution in [1.29, 1.82) is 0 Å². The number of hydrogen-bond donors (Lipinski definition) is 0. The van der Waals surface area contributed by atoms with Crippen LogP contribution in [0.25, 0.3) is 17.1 Å². The van der Waals surface area contributed by atoms with Crippen molar-refractivity contribution in [3.8, 4) is 6.01 Å². The maximum Gasteiger partial charge on any atom is 0.324 e. The van der Waals surface area contributed by atoms with Crippen molar-refractivity contribution in [3.63, 3.8) is 0 Å². The van der Waals surface area contributed by atoms with E-state index in [0.717, 1.165) is 22.5 Å². The molecule has 80 valence electrons. The van der Waals surface area contributed by atoms with E-state index in [1.807, 2.05) is 44.2 Å². The zero-order valence-electron chi connectivity index (χ0n) is 9.14. The van der Waals surface area contributed by atoms with Gasteiger partial charge in [0.05, 0.1) is 5.69 Å². The minimum absolute atomic E-state index is 0.520. The predicted molar refractivity (Wildman–Crippen MR) is 60.6 cm³/mol. The van der Waals surface area contributed by atoms with E-state index in [0.29, 0.717) is 6.01 Å². The lowest BCUT2D eigenvalue weighted by molar-refractivity contribution is 0.537. The van der Waals surface area contributed by atoms with E-state index in [1.165, 1.54) is 0 Å². The zero-order valence-corrected chi connectivity index (χ0v) is 9.14. The van der Waals surface area contributed by atoms with Crippen molar-refractivity contribution in [2.45, 2.75) is 13.8 Å². The molecular weight excluding hydrogens is 202 g/mol. The van der Waals surface area contributed by atoms with E-state index in [2.05, 4.69) is 10.1 Å². The second kappa shape index (κ2) is 3.20. The Morgan fingerprint density at radius 2 is 2.00 bits per heavy atom. The van der Waals surface area contributed by atoms with Crippen LogP contribution < -0.4 is 0 Å². The van der Waals surface area contributed by atoms with Gasteiger partial charge in [0.15, 0.2) is 5.58 Å². The number of para-hydroxylation sites is 2. The average Bonchev–Trinajstić information content (AvgIpc) is 2.81. The molecule has 0 N–H and O–H groups in total. The number of fused-ring (bicyclic) bond motifs is 1. The van der Waals surface area contributed by atoms with Gasteiger partial charge < -0.3 is 4.42 Å². The van der Waals surface area contributed by atoms with Gasteiger partial charge in [0, 0.05) is 5.69 Å². The maximum atomic E-state index is 5.64. The van der Waals surface area contributed by atoms with Gasteiger partial charge in [-0.2, -0.15) is 14.8 Å². The quantitative estimate of drug-likeness (QED) is 0.624. The highest BCUT2D eigenvalue weighted by molar-refractivity contribution is 5.73. The fraction of sp³-hybridized carbons (Fsp3) is 0.167. The number of benzene rings is 1. The van der Waals surface area contributed by atoms with E-state index >= 15 is 0 Å². The van der Waals surface area contributed by atoms with Gasteiger partial charge in [-0.05, 0) is 32.0 Å². The maximum absolute atomic E-state index is 5.64. The third kappa shape index (κ3) is 1.31. The van der Waals surface area contributed by atoms with E-state index in [1.54, 1.807) is 4.68 Å². The lowest BCUT2D eigenvalue weighted by Gasteiger charge is -1.95. The molecule has 0 aliphatic carbocycles. The summed E-state index contributed by atoms with van der Waals surface area (Å²) in [5.41, 5.74) is 3.61. The van der Waals surface area contributed by atoms with Crippen molar-refractivity contribution >= 4 is 11.1 Å². The standard InChI is InChI=1S/C12H11N3O/c1-8-7-9(2)15(14-8)12-13-10-5-3-4-6-11(10)16-12/h3-7H,1-2H3. The molecule has 2 aromatic heterocycles. The lowest BCUT2D eigenvalue weighted by Crippen LogP contribution is -1.98. The van der Waals surface area contributed by atoms with Gasteiger partial charge in [-0.15, -0.1) is 0 Å². The van der Waals surface area contributed by atoms with Gasteiger partial charge in [-0.3, -0.25) is 0 Å². The second-order valence-corrected chi connectivity index (χ2v) is 3.80. The molecule has 0 saturated carbocycles. The summed E-state index contributed by atoms with van der Waals surface area (Å²) in [6, 6.07) is 10.2. The minimum atomic E-state index is 0.520. The summed E-state index contributed by atoms with van der Waals surface area (Å²) in [5, 5.41) is 4.34. The number of rotatable bonds is 1. The van der Waals surface area contributed by atoms with Crippen LogP contribution in [0.2, 0.25) is 0 Å². The average molecular weight is 213 g/mol. The normalized spacial score (nSPS) is 11.1. The molecule has 0 atom stereocenters. The largest absolute Gasteiger partial charge is 0.422 e. The highest BCUT2D eigenvalue weighted by Gasteiger charge is 2.10. The molecule has 0 bridgehead atoms. The molecule has 1 aromatic carbocycles. The predicted octanol–water partition coefficient (Wildman–Crippen LogP) is 2.63. The first kappa shape index (κ1) is 9.15. The van der Waals surface area contributed by atoms with Crippen molar-refractivity contribution in [3.05, 3.63) is 41.7 Å². The summed E-state index contributed by atoms with van der Waals surface area (Å²) in [7, 11) is 0. The van der Waals surface area contributed by atoms with E-state index in [4.69, 9.17) is 4.42 Å². The van der Waals surface area contributed by atoms with Crippen molar-refractivity contribution in [2.24, 2.45) is 0 Å². The van der Waals surface area contributed by atoms with Gasteiger partial charge in [-0.1, -0.05) is 12.1 Å². The van der Waals surface area contributed by atoms with Crippen LogP contribution in [0.15, 0.2) is 34.7 Å². The van der Waals surface area contributed by atoms with E-state index < -0.39 is 0 Å². The molecule has 0 unspecified atom stereocenters. The lowest BCUT2D eigenvalue weighted by atomic mass is 10.3. The van der Waals surface area contributed by atoms with Crippen molar-refractivity contribution in [1.82, 2.24) is 14.8 Å². The Morgan fingerprint density at radius 3 is 2.69 bits per heavy atom. The first-order valence-electron chi connectivity index (χ1n) is 5.13. The van der Waals surface area contributed by atoms with Gasteiger partial charge in [0.2, 0.25) is 0 Å². The van der Waals surface area contributed by atoms with Crippen LogP contribution in [-0.4, -0.2) is 14.8 Å². The third-order valence-corrected chi connectivity index (χ3v) is 2.47. The van der Waals surface area contributed by atoms with E-state index in [-0.39, 0.29) is 0 Å². The van der Waals surface area contributed by atoms with Gasteiger partial charge in [0.25, 0.3) is 0 Å². The number of aromatic nitrogens is 3. The monoisotopic (exact) mass is 213 g/mol. The van der Waals surface area contributed by atoms with Gasteiger partial charge >= 0.3 is 6.01 Å². The van der Waals surface area contributed by atoms with Gasteiger partial charge in [0.1, 0.15) is 5.52 Å². The summed E-state index contributed by atoms with van der Waals surface area (Å²) >= 11 is 0. The molecule has 4 heteroatoms. The molecular formula is C12H11N3O. The molecule has 0 aliphatic heterocycles. The fourth-order valence-corrected chi connectivity index (χ4v) is 1.77. The Morgan fingerprint density at radius 1 is 1.19 bits per heavy atom. The van der Waals surface area contributed by atoms with Crippen LogP contribution in [0.5, 0.6) is 0 Å². The van der Waals surface area contributed by atoms with Crippen LogP contribution in [0.4, 0.5) is 0 Å². The van der Waals surface area contributed by atoms with Crippen molar-refractivity contribution < 1.29 is 4.42 Å². The molecule has 0 fully saturated rings. The molecule has 4 nitrogen and oxygen atoms in total.